The second-order valence-electron chi connectivity index (χ2n) is 4.60. The van der Waals surface area contributed by atoms with Crippen molar-refractivity contribution in [3.63, 3.8) is 0 Å². The molecule has 0 radical (unpaired) electrons. The Morgan fingerprint density at radius 2 is 2.24 bits per heavy atom. The van der Waals surface area contributed by atoms with Gasteiger partial charge in [-0.2, -0.15) is 0 Å². The monoisotopic (exact) mass is 237 g/mol. The van der Waals surface area contributed by atoms with Crippen LogP contribution in [0.15, 0.2) is 0 Å². The van der Waals surface area contributed by atoms with E-state index >= 15 is 0 Å². The van der Waals surface area contributed by atoms with Crippen LogP contribution in [0.4, 0.5) is 0 Å². The summed E-state index contributed by atoms with van der Waals surface area (Å²) in [6.07, 6.45) is 4.86. The molecule has 0 saturated heterocycles. The number of aromatic nitrogens is 3. The number of nitrogens with two attached hydrogens (primary N) is 1. The molecular weight excluding hydrogens is 218 g/mol. The minimum absolute atomic E-state index is 0.210. The molecule has 0 spiro atoms. The first kappa shape index (κ1) is 12.0. The van der Waals surface area contributed by atoms with E-state index < -0.39 is 0 Å². The zero-order valence-corrected chi connectivity index (χ0v) is 10.1. The predicted octanol–water partition coefficient (Wildman–Crippen LogP) is 0.368. The van der Waals surface area contributed by atoms with Crippen LogP contribution in [0.3, 0.4) is 0 Å². The van der Waals surface area contributed by atoms with Gasteiger partial charge in [-0.1, -0.05) is 19.8 Å². The Morgan fingerprint density at radius 1 is 1.53 bits per heavy atom. The van der Waals surface area contributed by atoms with E-state index in [0.717, 1.165) is 37.9 Å². The first-order valence-electron chi connectivity index (χ1n) is 6.13. The van der Waals surface area contributed by atoms with Crippen molar-refractivity contribution in [3.8, 4) is 0 Å². The van der Waals surface area contributed by atoms with Gasteiger partial charge in [-0.05, 0) is 12.8 Å². The third-order valence-electron chi connectivity index (χ3n) is 3.40. The van der Waals surface area contributed by atoms with Crippen LogP contribution in [-0.2, 0) is 6.42 Å². The number of hydrogen-bond acceptors (Lipinski definition) is 4. The lowest BCUT2D eigenvalue weighted by molar-refractivity contribution is 0.0892. The van der Waals surface area contributed by atoms with Crippen LogP contribution in [0, 0.1) is 0 Å². The Kier molecular flexibility index (Phi) is 3.42. The highest BCUT2D eigenvalue weighted by molar-refractivity contribution is 5.90. The summed E-state index contributed by atoms with van der Waals surface area (Å²) >= 11 is 0. The van der Waals surface area contributed by atoms with Crippen molar-refractivity contribution in [1.29, 1.82) is 0 Å². The van der Waals surface area contributed by atoms with Crippen LogP contribution in [0.1, 0.15) is 49.1 Å². The molecule has 1 aliphatic carbocycles. The maximum Gasteiger partial charge on any atom is 0.291 e. The average molecular weight is 237 g/mol. The van der Waals surface area contributed by atoms with Crippen LogP contribution in [0.2, 0.25) is 0 Å². The third kappa shape index (κ3) is 2.46. The lowest BCUT2D eigenvalue weighted by Gasteiger charge is -2.27. The number of aromatic amines is 1. The Hall–Kier alpha value is -1.43. The number of nitrogens with one attached hydrogen (secondary N) is 2. The SMILES string of the molecule is CCc1nc(C(=O)NC2(CN)CCCC2)n[nH]1. The van der Waals surface area contributed by atoms with Gasteiger partial charge in [0.2, 0.25) is 5.82 Å². The number of aryl methyl sites for hydroxylation is 1. The Balaban J connectivity index is 2.05. The van der Waals surface area contributed by atoms with E-state index in [0.29, 0.717) is 6.54 Å². The summed E-state index contributed by atoms with van der Waals surface area (Å²) in [4.78, 5) is 16.1. The highest BCUT2D eigenvalue weighted by Gasteiger charge is 2.34. The van der Waals surface area contributed by atoms with Gasteiger partial charge in [0.15, 0.2) is 0 Å². The quantitative estimate of drug-likeness (QED) is 0.704. The summed E-state index contributed by atoms with van der Waals surface area (Å²) < 4.78 is 0. The molecule has 1 aliphatic rings. The van der Waals surface area contributed by atoms with Gasteiger partial charge in [0, 0.05) is 13.0 Å². The molecule has 94 valence electrons. The fraction of sp³-hybridized carbons (Fsp3) is 0.727. The molecule has 1 aromatic heterocycles. The van der Waals surface area contributed by atoms with Crippen molar-refractivity contribution in [2.75, 3.05) is 6.54 Å². The van der Waals surface area contributed by atoms with Crippen LogP contribution in [0.25, 0.3) is 0 Å². The number of nitrogens with zero attached hydrogens (tertiary/aromatic N) is 2. The van der Waals surface area contributed by atoms with Gasteiger partial charge in [-0.15, -0.1) is 5.10 Å². The number of hydrogen-bond donors (Lipinski definition) is 3. The molecule has 17 heavy (non-hydrogen) atoms. The van der Waals surface area contributed by atoms with Crippen molar-refractivity contribution >= 4 is 5.91 Å². The lowest BCUT2D eigenvalue weighted by atomic mass is 9.98. The summed E-state index contributed by atoms with van der Waals surface area (Å²) in [6, 6.07) is 0. The topological polar surface area (TPSA) is 96.7 Å². The number of carbonyl (C=O) groups excluding carboxylic acids is 1. The molecule has 1 amide bonds. The highest BCUT2D eigenvalue weighted by atomic mass is 16.2. The fourth-order valence-electron chi connectivity index (χ4n) is 2.28. The van der Waals surface area contributed by atoms with Crippen molar-refractivity contribution in [3.05, 3.63) is 11.6 Å². The van der Waals surface area contributed by atoms with Crippen LogP contribution >= 0.6 is 0 Å². The molecule has 0 aliphatic heterocycles. The molecule has 1 heterocycles. The van der Waals surface area contributed by atoms with Gasteiger partial charge in [0.1, 0.15) is 5.82 Å². The Morgan fingerprint density at radius 3 is 2.76 bits per heavy atom. The lowest BCUT2D eigenvalue weighted by Crippen LogP contribution is -2.51. The highest BCUT2D eigenvalue weighted by Crippen LogP contribution is 2.28. The minimum Gasteiger partial charge on any atom is -0.343 e. The molecule has 1 saturated carbocycles. The molecule has 0 aromatic carbocycles. The second-order valence-corrected chi connectivity index (χ2v) is 4.60. The Bertz CT molecular complexity index is 394. The number of carbonyl (C=O) groups is 1. The van der Waals surface area contributed by atoms with Crippen LogP contribution < -0.4 is 11.1 Å². The van der Waals surface area contributed by atoms with Crippen molar-refractivity contribution in [2.24, 2.45) is 5.73 Å². The molecule has 6 nitrogen and oxygen atoms in total. The summed E-state index contributed by atoms with van der Waals surface area (Å²) in [5.41, 5.74) is 5.52. The molecule has 0 unspecified atom stereocenters. The van der Waals surface area contributed by atoms with Gasteiger partial charge in [-0.3, -0.25) is 9.89 Å². The van der Waals surface area contributed by atoms with E-state index in [1.54, 1.807) is 0 Å². The normalized spacial score (nSPS) is 18.2. The molecule has 0 atom stereocenters. The maximum absolute atomic E-state index is 12.0. The minimum atomic E-state index is -0.246. The van der Waals surface area contributed by atoms with E-state index in [9.17, 15) is 4.79 Å². The second kappa shape index (κ2) is 4.83. The molecule has 2 rings (SSSR count). The average Bonchev–Trinajstić information content (AvgIpc) is 2.97. The first-order valence-corrected chi connectivity index (χ1v) is 6.13. The fourth-order valence-corrected chi connectivity index (χ4v) is 2.28. The molecule has 1 fully saturated rings. The predicted molar refractivity (Wildman–Crippen MR) is 63.5 cm³/mol. The van der Waals surface area contributed by atoms with Gasteiger partial charge in [0.25, 0.3) is 5.91 Å². The van der Waals surface area contributed by atoms with Crippen molar-refractivity contribution < 1.29 is 4.79 Å². The molecule has 1 aromatic rings. The van der Waals surface area contributed by atoms with Gasteiger partial charge >= 0.3 is 0 Å². The van der Waals surface area contributed by atoms with E-state index in [2.05, 4.69) is 20.5 Å². The van der Waals surface area contributed by atoms with Gasteiger partial charge in [0.05, 0.1) is 5.54 Å². The van der Waals surface area contributed by atoms with Gasteiger partial charge in [-0.25, -0.2) is 4.98 Å². The van der Waals surface area contributed by atoms with E-state index in [4.69, 9.17) is 5.73 Å². The molecule has 0 bridgehead atoms. The standard InChI is InChI=1S/C11H19N5O/c1-2-8-13-9(16-15-8)10(17)14-11(7-12)5-3-4-6-11/h2-7,12H2,1H3,(H,14,17)(H,13,15,16). The van der Waals surface area contributed by atoms with Crippen LogP contribution in [0.5, 0.6) is 0 Å². The summed E-state index contributed by atoms with van der Waals surface area (Å²) in [6.45, 7) is 2.43. The molecule has 6 heteroatoms. The van der Waals surface area contributed by atoms with Gasteiger partial charge < -0.3 is 11.1 Å². The smallest absolute Gasteiger partial charge is 0.291 e. The number of rotatable bonds is 4. The summed E-state index contributed by atoms with van der Waals surface area (Å²) in [5, 5.41) is 9.63. The number of H-pyrrole nitrogens is 1. The first-order chi connectivity index (χ1) is 8.19. The van der Waals surface area contributed by atoms with E-state index in [1.807, 2.05) is 6.92 Å². The molecular formula is C11H19N5O. The summed E-state index contributed by atoms with van der Waals surface area (Å²) in [7, 11) is 0. The maximum atomic E-state index is 12.0. The van der Waals surface area contributed by atoms with Crippen LogP contribution in [-0.4, -0.2) is 33.2 Å². The number of amides is 1. The third-order valence-corrected chi connectivity index (χ3v) is 3.40. The van der Waals surface area contributed by atoms with E-state index in [-0.39, 0.29) is 17.3 Å². The largest absolute Gasteiger partial charge is 0.343 e. The zero-order chi connectivity index (χ0) is 12.3. The zero-order valence-electron chi connectivity index (χ0n) is 10.1. The van der Waals surface area contributed by atoms with Crippen molar-refractivity contribution in [2.45, 2.75) is 44.6 Å². The Labute approximate surface area is 100 Å². The van der Waals surface area contributed by atoms with E-state index in [1.165, 1.54) is 0 Å². The molecule has 4 N–H and O–H groups in total. The van der Waals surface area contributed by atoms with Crippen molar-refractivity contribution in [1.82, 2.24) is 20.5 Å². The summed E-state index contributed by atoms with van der Waals surface area (Å²) in [5.74, 6) is 0.707.